The molecule has 2 aromatic carbocycles. The molecule has 0 unspecified atom stereocenters. The fourth-order valence-corrected chi connectivity index (χ4v) is 4.64. The van der Waals surface area contributed by atoms with Crippen LogP contribution in [0.2, 0.25) is 0 Å². The predicted molar refractivity (Wildman–Crippen MR) is 102 cm³/mol. The van der Waals surface area contributed by atoms with Crippen molar-refractivity contribution in [2.45, 2.75) is 42.6 Å². The van der Waals surface area contributed by atoms with Gasteiger partial charge in [0.15, 0.2) is 5.75 Å². The summed E-state index contributed by atoms with van der Waals surface area (Å²) in [6.45, 7) is 2.89. The van der Waals surface area contributed by atoms with Gasteiger partial charge in [-0.25, -0.2) is 13.1 Å². The lowest BCUT2D eigenvalue weighted by Gasteiger charge is -2.16. The number of halogens is 3. The third-order valence-electron chi connectivity index (χ3n) is 4.38. The normalized spacial score (nSPS) is 16.3. The molecule has 8 nitrogen and oxygen atoms in total. The molecule has 30 heavy (non-hydrogen) atoms. The van der Waals surface area contributed by atoms with E-state index in [0.29, 0.717) is 12.8 Å². The molecule has 0 atom stereocenters. The van der Waals surface area contributed by atoms with Gasteiger partial charge in [-0.15, -0.1) is 0 Å². The highest BCUT2D eigenvalue weighted by Crippen LogP contribution is 2.38. The van der Waals surface area contributed by atoms with E-state index in [1.807, 2.05) is 0 Å². The molecule has 0 radical (unpaired) electrons. The molecule has 0 heterocycles. The van der Waals surface area contributed by atoms with Gasteiger partial charge in [0.25, 0.3) is 0 Å². The zero-order valence-electron chi connectivity index (χ0n) is 15.7. The van der Waals surface area contributed by atoms with Gasteiger partial charge in [-0.2, -0.15) is 21.6 Å². The second kappa shape index (κ2) is 7.10. The molecule has 164 valence electrons. The standard InChI is InChI=1S/C17H17F3N2O6S2/c1-10(23)21-12-3-4-14-11(7-12)8-13(29(24,25)22-16(2)5-6-16)9-15(14)28-30(26,27)17(18,19)20/h3-4,7-9,22H,5-6H2,1-2H3,(H,21,23). The number of benzene rings is 2. The third kappa shape index (κ3) is 4.68. The van der Waals surface area contributed by atoms with Gasteiger partial charge in [-0.1, -0.05) is 0 Å². The summed E-state index contributed by atoms with van der Waals surface area (Å²) in [4.78, 5) is 10.8. The Balaban J connectivity index is 2.18. The maximum atomic E-state index is 12.8. The van der Waals surface area contributed by atoms with Gasteiger partial charge >= 0.3 is 15.6 Å². The largest absolute Gasteiger partial charge is 0.534 e. The lowest BCUT2D eigenvalue weighted by atomic mass is 10.1. The van der Waals surface area contributed by atoms with E-state index in [1.165, 1.54) is 25.1 Å². The number of fused-ring (bicyclic) bond motifs is 1. The van der Waals surface area contributed by atoms with Gasteiger partial charge in [0, 0.05) is 29.6 Å². The molecule has 0 aliphatic heterocycles. The molecule has 3 rings (SSSR count). The minimum Gasteiger partial charge on any atom is -0.375 e. The van der Waals surface area contributed by atoms with E-state index in [1.54, 1.807) is 6.92 Å². The topological polar surface area (TPSA) is 119 Å². The highest BCUT2D eigenvalue weighted by molar-refractivity contribution is 7.89. The molecule has 0 aromatic heterocycles. The number of rotatable bonds is 6. The minimum atomic E-state index is -6.04. The molecule has 1 fully saturated rings. The van der Waals surface area contributed by atoms with Crippen molar-refractivity contribution in [1.29, 1.82) is 0 Å². The second-order valence-corrected chi connectivity index (χ2v) is 10.4. The molecule has 1 saturated carbocycles. The van der Waals surface area contributed by atoms with E-state index in [0.717, 1.165) is 12.1 Å². The summed E-state index contributed by atoms with van der Waals surface area (Å²) in [6.07, 6.45) is 1.16. The lowest BCUT2D eigenvalue weighted by Crippen LogP contribution is -2.34. The van der Waals surface area contributed by atoms with Crippen molar-refractivity contribution in [3.63, 3.8) is 0 Å². The van der Waals surface area contributed by atoms with Crippen LogP contribution < -0.4 is 14.2 Å². The van der Waals surface area contributed by atoms with Gasteiger partial charge in [0.1, 0.15) is 0 Å². The van der Waals surface area contributed by atoms with E-state index < -0.39 is 47.7 Å². The van der Waals surface area contributed by atoms with E-state index in [2.05, 4.69) is 14.2 Å². The van der Waals surface area contributed by atoms with Crippen LogP contribution in [0.15, 0.2) is 35.2 Å². The Kier molecular flexibility index (Phi) is 5.28. The summed E-state index contributed by atoms with van der Waals surface area (Å²) in [6, 6.07) is 5.70. The van der Waals surface area contributed by atoms with Crippen LogP contribution in [-0.2, 0) is 24.9 Å². The molecule has 13 heteroatoms. The van der Waals surface area contributed by atoms with Gasteiger partial charge in [-0.3, -0.25) is 4.79 Å². The van der Waals surface area contributed by atoms with Crippen LogP contribution in [0.5, 0.6) is 5.75 Å². The minimum absolute atomic E-state index is 0.0532. The predicted octanol–water partition coefficient (Wildman–Crippen LogP) is 2.86. The monoisotopic (exact) mass is 466 g/mol. The first kappa shape index (κ1) is 22.3. The lowest BCUT2D eigenvalue weighted by molar-refractivity contribution is -0.114. The van der Waals surface area contributed by atoms with Crippen molar-refractivity contribution in [3.05, 3.63) is 30.3 Å². The summed E-state index contributed by atoms with van der Waals surface area (Å²) in [7, 11) is -10.2. The Morgan fingerprint density at radius 1 is 1.10 bits per heavy atom. The molecule has 2 N–H and O–H groups in total. The van der Waals surface area contributed by atoms with Crippen LogP contribution >= 0.6 is 0 Å². The Morgan fingerprint density at radius 3 is 2.27 bits per heavy atom. The molecule has 0 saturated heterocycles. The number of alkyl halides is 3. The maximum absolute atomic E-state index is 12.8. The van der Waals surface area contributed by atoms with Crippen molar-refractivity contribution >= 4 is 42.5 Å². The van der Waals surface area contributed by atoms with Crippen molar-refractivity contribution in [1.82, 2.24) is 4.72 Å². The molecular formula is C17H17F3N2O6S2. The first-order valence-electron chi connectivity index (χ1n) is 8.52. The number of carbonyl (C=O) groups is 1. The summed E-state index contributed by atoms with van der Waals surface area (Å²) < 4.78 is 93.5. The Morgan fingerprint density at radius 2 is 1.73 bits per heavy atom. The summed E-state index contributed by atoms with van der Waals surface area (Å²) >= 11 is 0. The van der Waals surface area contributed by atoms with Gasteiger partial charge in [0.2, 0.25) is 15.9 Å². The quantitative estimate of drug-likeness (QED) is 0.499. The zero-order chi connectivity index (χ0) is 22.5. The van der Waals surface area contributed by atoms with Gasteiger partial charge in [-0.05, 0) is 49.4 Å². The van der Waals surface area contributed by atoms with E-state index in [-0.39, 0.29) is 16.5 Å². The summed E-state index contributed by atoms with van der Waals surface area (Å²) in [5, 5.41) is 2.42. The number of nitrogens with one attached hydrogen (secondary N) is 2. The van der Waals surface area contributed by atoms with Crippen LogP contribution in [0.4, 0.5) is 18.9 Å². The summed E-state index contributed by atoms with van der Waals surface area (Å²) in [5.74, 6) is -1.24. The maximum Gasteiger partial charge on any atom is 0.534 e. The average Bonchev–Trinajstić information content (AvgIpc) is 3.28. The number of carbonyl (C=O) groups excluding carboxylic acids is 1. The first-order chi connectivity index (χ1) is 13.6. The average molecular weight is 466 g/mol. The van der Waals surface area contributed by atoms with Gasteiger partial charge < -0.3 is 9.50 Å². The molecule has 0 bridgehead atoms. The molecular weight excluding hydrogens is 449 g/mol. The van der Waals surface area contributed by atoms with Crippen molar-refractivity contribution < 1.29 is 39.0 Å². The van der Waals surface area contributed by atoms with Crippen LogP contribution in [0, 0.1) is 0 Å². The van der Waals surface area contributed by atoms with Crippen molar-refractivity contribution in [3.8, 4) is 5.75 Å². The first-order valence-corrected chi connectivity index (χ1v) is 11.4. The van der Waals surface area contributed by atoms with Crippen LogP contribution in [0.25, 0.3) is 10.8 Å². The van der Waals surface area contributed by atoms with Gasteiger partial charge in [0.05, 0.1) is 4.90 Å². The molecule has 1 aliphatic carbocycles. The highest BCUT2D eigenvalue weighted by atomic mass is 32.2. The number of anilines is 1. The fraction of sp³-hybridized carbons (Fsp3) is 0.353. The van der Waals surface area contributed by atoms with E-state index in [9.17, 15) is 34.8 Å². The number of amides is 1. The molecule has 2 aromatic rings. The van der Waals surface area contributed by atoms with Crippen molar-refractivity contribution in [2.75, 3.05) is 5.32 Å². The highest BCUT2D eigenvalue weighted by Gasteiger charge is 2.49. The van der Waals surface area contributed by atoms with Crippen LogP contribution in [-0.4, -0.2) is 33.8 Å². The number of hydrogen-bond donors (Lipinski definition) is 2. The third-order valence-corrected chi connectivity index (χ3v) is 6.97. The molecule has 0 spiro atoms. The second-order valence-electron chi connectivity index (χ2n) is 7.19. The van der Waals surface area contributed by atoms with E-state index in [4.69, 9.17) is 0 Å². The fourth-order valence-electron chi connectivity index (χ4n) is 2.65. The van der Waals surface area contributed by atoms with E-state index >= 15 is 0 Å². The van der Waals surface area contributed by atoms with Crippen LogP contribution in [0.3, 0.4) is 0 Å². The molecule has 1 aliphatic rings. The zero-order valence-corrected chi connectivity index (χ0v) is 17.3. The Hall–Kier alpha value is -2.38. The molecule has 1 amide bonds. The SMILES string of the molecule is CC(=O)Nc1ccc2c(OS(=O)(=O)C(F)(F)F)cc(S(=O)(=O)NC3(C)CC3)cc2c1. The Labute approximate surface area is 170 Å². The summed E-state index contributed by atoms with van der Waals surface area (Å²) in [5.41, 5.74) is -6.15. The number of sulfonamides is 1. The van der Waals surface area contributed by atoms with Crippen molar-refractivity contribution in [2.24, 2.45) is 0 Å². The number of hydrogen-bond acceptors (Lipinski definition) is 6. The van der Waals surface area contributed by atoms with Crippen LogP contribution in [0.1, 0.15) is 26.7 Å². The smallest absolute Gasteiger partial charge is 0.375 e. The Bertz CT molecular complexity index is 1240.